The molecule has 222 valence electrons. The molecular weight excluding hydrogens is 524 g/mol. The largest absolute Gasteiger partial charge is 0.481 e. The molecule has 1 aliphatic rings. The van der Waals surface area contributed by atoms with Crippen LogP contribution in [0.25, 0.3) is 11.1 Å². The molecule has 0 radical (unpaired) electrons. The van der Waals surface area contributed by atoms with E-state index in [-0.39, 0.29) is 23.7 Å². The summed E-state index contributed by atoms with van der Waals surface area (Å²) in [7, 11) is 0. The maximum atomic E-state index is 13.0. The third-order valence-electron chi connectivity index (χ3n) is 7.16. The van der Waals surface area contributed by atoms with Gasteiger partial charge in [0.1, 0.15) is 24.2 Å². The fourth-order valence-electron chi connectivity index (χ4n) is 4.51. The Hall–Kier alpha value is -3.76. The molecule has 10 heteroatoms. The molecule has 1 unspecified atom stereocenters. The Bertz CT molecular complexity index is 1220. The van der Waals surface area contributed by atoms with Crippen molar-refractivity contribution < 1.29 is 28.7 Å². The Morgan fingerprint density at radius 1 is 1.00 bits per heavy atom. The van der Waals surface area contributed by atoms with Crippen LogP contribution in [0.5, 0.6) is 5.75 Å². The van der Waals surface area contributed by atoms with E-state index in [2.05, 4.69) is 5.32 Å². The van der Waals surface area contributed by atoms with E-state index in [4.69, 9.17) is 15.3 Å². The average molecular weight is 567 g/mol. The molecule has 2 aromatic rings. The maximum absolute atomic E-state index is 13.0. The normalized spacial score (nSPS) is 18.0. The summed E-state index contributed by atoms with van der Waals surface area (Å²) < 4.78 is 11.6. The third-order valence-corrected chi connectivity index (χ3v) is 7.16. The van der Waals surface area contributed by atoms with Gasteiger partial charge in [0.15, 0.2) is 6.10 Å². The van der Waals surface area contributed by atoms with E-state index in [1.165, 1.54) is 10.1 Å². The molecule has 1 fully saturated rings. The molecule has 0 bridgehead atoms. The van der Waals surface area contributed by atoms with Gasteiger partial charge in [-0.15, -0.1) is 5.12 Å². The van der Waals surface area contributed by atoms with Crippen LogP contribution in [-0.2, 0) is 23.9 Å². The van der Waals surface area contributed by atoms with Crippen molar-refractivity contribution >= 4 is 24.1 Å². The standard InChI is InChI=1S/C31H42N4O6/c1-19(2)27(18-36)33-29(37)22(6)40-26-14-12-23(13-15-26)25-10-7-9-24(17-25)21(5)41-31(39)28-11-8-16-34(35(28)32)30(38)20(3)4/h7,9-10,12-15,17-22,27-28H,8,11,16,32H2,1-6H3,(H,33,37)/t21-,22-,27?,28+/m1/s1. The van der Waals surface area contributed by atoms with Crippen molar-refractivity contribution in [3.8, 4) is 16.9 Å². The van der Waals surface area contributed by atoms with Crippen LogP contribution in [0.4, 0.5) is 0 Å². The van der Waals surface area contributed by atoms with Gasteiger partial charge in [0.05, 0.1) is 6.04 Å². The molecule has 3 N–H and O–H groups in total. The zero-order valence-corrected chi connectivity index (χ0v) is 24.7. The van der Waals surface area contributed by atoms with Crippen LogP contribution in [0.15, 0.2) is 48.5 Å². The number of ether oxygens (including phenoxy) is 2. The minimum Gasteiger partial charge on any atom is -0.481 e. The molecule has 0 saturated carbocycles. The van der Waals surface area contributed by atoms with E-state index in [0.717, 1.165) is 23.0 Å². The highest BCUT2D eigenvalue weighted by atomic mass is 16.5. The number of nitrogens with zero attached hydrogens (tertiary/aromatic N) is 2. The first-order valence-corrected chi connectivity index (χ1v) is 14.1. The van der Waals surface area contributed by atoms with Gasteiger partial charge in [0.25, 0.3) is 5.91 Å². The lowest BCUT2D eigenvalue weighted by molar-refractivity contribution is -0.180. The predicted octanol–water partition coefficient (Wildman–Crippen LogP) is 3.80. The molecule has 41 heavy (non-hydrogen) atoms. The monoisotopic (exact) mass is 566 g/mol. The molecule has 1 aliphatic heterocycles. The Balaban J connectivity index is 1.63. The van der Waals surface area contributed by atoms with Crippen molar-refractivity contribution in [2.75, 3.05) is 6.54 Å². The maximum Gasteiger partial charge on any atom is 0.327 e. The summed E-state index contributed by atoms with van der Waals surface area (Å²) in [5.41, 5.74) is 2.64. The molecule has 0 spiro atoms. The quantitative estimate of drug-likeness (QED) is 0.239. The van der Waals surface area contributed by atoms with Crippen LogP contribution in [0.2, 0.25) is 0 Å². The molecule has 1 saturated heterocycles. The fraction of sp³-hybridized carbons (Fsp3) is 0.484. The molecule has 0 aromatic heterocycles. The molecule has 2 amide bonds. The summed E-state index contributed by atoms with van der Waals surface area (Å²) in [4.78, 5) is 49.1. The Labute approximate surface area is 242 Å². The van der Waals surface area contributed by atoms with Gasteiger partial charge in [-0.05, 0) is 67.5 Å². The second-order valence-corrected chi connectivity index (χ2v) is 11.1. The first-order valence-electron chi connectivity index (χ1n) is 14.1. The number of hydrogen-bond donors (Lipinski definition) is 2. The van der Waals surface area contributed by atoms with Crippen molar-refractivity contribution in [2.24, 2.45) is 17.7 Å². The molecule has 2 aromatic carbocycles. The summed E-state index contributed by atoms with van der Waals surface area (Å²) >= 11 is 0. The van der Waals surface area contributed by atoms with Gasteiger partial charge in [-0.3, -0.25) is 19.4 Å². The van der Waals surface area contributed by atoms with E-state index >= 15 is 0 Å². The molecule has 10 nitrogen and oxygen atoms in total. The first kappa shape index (κ1) is 31.8. The van der Waals surface area contributed by atoms with Crippen molar-refractivity contribution in [2.45, 2.75) is 78.7 Å². The van der Waals surface area contributed by atoms with Crippen LogP contribution in [0.3, 0.4) is 0 Å². The summed E-state index contributed by atoms with van der Waals surface area (Å²) in [5, 5.41) is 5.34. The Kier molecular flexibility index (Phi) is 11.0. The Morgan fingerprint density at radius 2 is 1.68 bits per heavy atom. The van der Waals surface area contributed by atoms with Crippen molar-refractivity contribution in [3.63, 3.8) is 0 Å². The number of benzene rings is 2. The number of carbonyl (C=O) groups is 4. The minimum atomic E-state index is -0.773. The van der Waals surface area contributed by atoms with Crippen LogP contribution < -0.4 is 15.9 Å². The van der Waals surface area contributed by atoms with Crippen molar-refractivity contribution in [3.05, 3.63) is 54.1 Å². The number of nitrogens with two attached hydrogens (primary N) is 1. The lowest BCUT2D eigenvalue weighted by Gasteiger charge is -2.40. The minimum absolute atomic E-state index is 0.0155. The second kappa shape index (κ2) is 14.2. The number of rotatable bonds is 11. The number of amides is 2. The lowest BCUT2D eigenvalue weighted by atomic mass is 10.0. The summed E-state index contributed by atoms with van der Waals surface area (Å²) in [6, 6.07) is 13.7. The van der Waals surface area contributed by atoms with Gasteiger partial charge in [0, 0.05) is 12.5 Å². The van der Waals surface area contributed by atoms with Crippen LogP contribution in [0.1, 0.15) is 66.1 Å². The van der Waals surface area contributed by atoms with Gasteiger partial charge in [-0.25, -0.2) is 5.84 Å². The van der Waals surface area contributed by atoms with Crippen LogP contribution >= 0.6 is 0 Å². The predicted molar refractivity (Wildman–Crippen MR) is 155 cm³/mol. The van der Waals surface area contributed by atoms with Gasteiger partial charge in [0.2, 0.25) is 5.91 Å². The number of esters is 1. The summed E-state index contributed by atoms with van der Waals surface area (Å²) in [6.07, 6.45) is 0.594. The summed E-state index contributed by atoms with van der Waals surface area (Å²) in [6.45, 7) is 11.2. The SMILES string of the molecule is CC(C)C(=O)N1CCC[C@@H](C(=O)O[C@H](C)c2cccc(-c3ccc(O[C@H](C)C(=O)NC(C=O)C(C)C)cc3)c2)N1N. The number of aldehydes is 1. The fourth-order valence-corrected chi connectivity index (χ4v) is 4.51. The third kappa shape index (κ3) is 8.14. The number of nitrogens with one attached hydrogen (secondary N) is 1. The van der Waals surface area contributed by atoms with Crippen LogP contribution in [-0.4, -0.2) is 58.9 Å². The number of hydrogen-bond acceptors (Lipinski definition) is 8. The average Bonchev–Trinajstić information content (AvgIpc) is 2.95. The van der Waals surface area contributed by atoms with E-state index in [9.17, 15) is 19.2 Å². The lowest BCUT2D eigenvalue weighted by Crippen LogP contribution is -2.62. The van der Waals surface area contributed by atoms with Gasteiger partial charge < -0.3 is 19.6 Å². The van der Waals surface area contributed by atoms with Crippen molar-refractivity contribution in [1.29, 1.82) is 0 Å². The van der Waals surface area contributed by atoms with E-state index < -0.39 is 30.3 Å². The second-order valence-electron chi connectivity index (χ2n) is 11.1. The Morgan fingerprint density at radius 3 is 2.29 bits per heavy atom. The molecular formula is C31H42N4O6. The highest BCUT2D eigenvalue weighted by molar-refractivity contribution is 5.83. The van der Waals surface area contributed by atoms with Crippen LogP contribution in [0, 0.1) is 11.8 Å². The molecule has 1 heterocycles. The number of hydrazine groups is 2. The highest BCUT2D eigenvalue weighted by Crippen LogP contribution is 2.28. The van der Waals surface area contributed by atoms with E-state index in [1.54, 1.807) is 39.8 Å². The zero-order chi connectivity index (χ0) is 30.3. The van der Waals surface area contributed by atoms with Gasteiger partial charge in [-0.1, -0.05) is 58.0 Å². The zero-order valence-electron chi connectivity index (χ0n) is 24.7. The van der Waals surface area contributed by atoms with E-state index in [1.807, 2.05) is 50.2 Å². The smallest absolute Gasteiger partial charge is 0.327 e. The van der Waals surface area contributed by atoms with Gasteiger partial charge in [-0.2, -0.15) is 0 Å². The topological polar surface area (TPSA) is 131 Å². The van der Waals surface area contributed by atoms with Crippen molar-refractivity contribution in [1.82, 2.24) is 15.4 Å². The first-order chi connectivity index (χ1) is 19.4. The number of carbonyl (C=O) groups excluding carboxylic acids is 4. The summed E-state index contributed by atoms with van der Waals surface area (Å²) in [5.74, 6) is 5.48. The van der Waals surface area contributed by atoms with Gasteiger partial charge >= 0.3 is 5.97 Å². The molecule has 3 rings (SSSR count). The van der Waals surface area contributed by atoms with E-state index in [0.29, 0.717) is 25.1 Å². The highest BCUT2D eigenvalue weighted by Gasteiger charge is 2.37. The molecule has 4 atom stereocenters. The molecule has 0 aliphatic carbocycles.